The van der Waals surface area contributed by atoms with E-state index in [9.17, 15) is 18.4 Å². The van der Waals surface area contributed by atoms with E-state index in [1.807, 2.05) is 13.8 Å². The molecule has 0 bridgehead atoms. The van der Waals surface area contributed by atoms with Gasteiger partial charge in [0, 0.05) is 6.42 Å². The summed E-state index contributed by atoms with van der Waals surface area (Å²) in [6.45, 7) is 6.87. The van der Waals surface area contributed by atoms with Crippen molar-refractivity contribution in [3.8, 4) is 6.07 Å². The van der Waals surface area contributed by atoms with Crippen LogP contribution in [0, 0.1) is 17.2 Å². The third-order valence-corrected chi connectivity index (χ3v) is 2.54. The fourth-order valence-electron chi connectivity index (χ4n) is 1.57. The van der Waals surface area contributed by atoms with E-state index in [1.54, 1.807) is 0 Å². The molecule has 0 spiro atoms. The van der Waals surface area contributed by atoms with E-state index in [4.69, 9.17) is 11.0 Å². The molecule has 0 aromatic rings. The highest BCUT2D eigenvalue weighted by Gasteiger charge is 2.28. The van der Waals surface area contributed by atoms with Crippen LogP contribution < -0.4 is 11.1 Å². The minimum Gasteiger partial charge on any atom is -0.344 e. The van der Waals surface area contributed by atoms with Gasteiger partial charge in [0.2, 0.25) is 12.3 Å². The highest BCUT2D eigenvalue weighted by molar-refractivity contribution is 6.04. The average molecular weight is 287 g/mol. The van der Waals surface area contributed by atoms with Gasteiger partial charge in [-0.25, -0.2) is 8.78 Å². The van der Waals surface area contributed by atoms with Gasteiger partial charge in [0.25, 0.3) is 0 Å². The quantitative estimate of drug-likeness (QED) is 0.517. The highest BCUT2D eigenvalue weighted by atomic mass is 19.3. The molecule has 0 saturated heterocycles. The van der Waals surface area contributed by atoms with E-state index in [1.165, 1.54) is 6.07 Å². The predicted molar refractivity (Wildman–Crippen MR) is 69.7 cm³/mol. The van der Waals surface area contributed by atoms with Crippen molar-refractivity contribution in [1.82, 2.24) is 5.32 Å². The Balaban J connectivity index is 4.82. The van der Waals surface area contributed by atoms with E-state index in [-0.39, 0.29) is 5.92 Å². The Morgan fingerprint density at radius 3 is 2.30 bits per heavy atom. The number of rotatable bonds is 8. The largest absolute Gasteiger partial charge is 0.344 e. The lowest BCUT2D eigenvalue weighted by Crippen LogP contribution is -2.49. The van der Waals surface area contributed by atoms with Crippen LogP contribution in [-0.4, -0.2) is 30.2 Å². The number of ketones is 1. The monoisotopic (exact) mass is 287 g/mol. The smallest absolute Gasteiger partial charge is 0.241 e. The molecule has 0 saturated carbocycles. The van der Waals surface area contributed by atoms with Gasteiger partial charge >= 0.3 is 0 Å². The molecular weight excluding hydrogens is 268 g/mol. The van der Waals surface area contributed by atoms with Crippen LogP contribution in [0.4, 0.5) is 8.78 Å². The first-order valence-electron chi connectivity index (χ1n) is 6.16. The van der Waals surface area contributed by atoms with E-state index in [0.29, 0.717) is 6.42 Å². The van der Waals surface area contributed by atoms with Gasteiger partial charge in [-0.2, -0.15) is 5.26 Å². The van der Waals surface area contributed by atoms with E-state index >= 15 is 0 Å². The standard InChI is InChI=1S/C13H19F2N3O2/c1-7(2)4-9(17)13(20)18-10(5-11(14)15)12(19)8(3)6-16/h7,9-11H,3-5,17H2,1-2H3,(H,18,20)/t9-,10?/m0/s1. The van der Waals surface area contributed by atoms with Crippen molar-refractivity contribution in [2.45, 2.75) is 45.2 Å². The van der Waals surface area contributed by atoms with Crippen LogP contribution in [0.1, 0.15) is 26.7 Å². The maximum atomic E-state index is 12.4. The summed E-state index contributed by atoms with van der Waals surface area (Å²) in [5, 5.41) is 10.7. The number of hydrogen-bond acceptors (Lipinski definition) is 4. The first-order valence-corrected chi connectivity index (χ1v) is 6.16. The van der Waals surface area contributed by atoms with E-state index in [0.717, 1.165) is 0 Å². The second-order valence-electron chi connectivity index (χ2n) is 4.88. The molecule has 0 aliphatic carbocycles. The summed E-state index contributed by atoms with van der Waals surface area (Å²) in [6, 6.07) is -0.888. The molecule has 0 aliphatic rings. The van der Waals surface area contributed by atoms with Crippen LogP contribution in [0.15, 0.2) is 12.2 Å². The van der Waals surface area contributed by atoms with Crippen LogP contribution in [0.25, 0.3) is 0 Å². The molecule has 0 aromatic carbocycles. The molecule has 0 radical (unpaired) electrons. The van der Waals surface area contributed by atoms with Gasteiger partial charge in [-0.3, -0.25) is 9.59 Å². The molecule has 0 aromatic heterocycles. The zero-order chi connectivity index (χ0) is 15.9. The first kappa shape index (κ1) is 18.2. The number of alkyl halides is 2. The van der Waals surface area contributed by atoms with E-state index < -0.39 is 42.2 Å². The van der Waals surface area contributed by atoms with Gasteiger partial charge in [-0.1, -0.05) is 20.4 Å². The molecule has 0 aliphatic heterocycles. The fraction of sp³-hybridized carbons (Fsp3) is 0.615. The Kier molecular flexibility index (Phi) is 7.62. The third-order valence-electron chi connectivity index (χ3n) is 2.54. The normalized spacial score (nSPS) is 13.7. The first-order chi connectivity index (χ1) is 9.18. The summed E-state index contributed by atoms with van der Waals surface area (Å²) >= 11 is 0. The zero-order valence-electron chi connectivity index (χ0n) is 11.5. The molecular formula is C13H19F2N3O2. The van der Waals surface area contributed by atoms with Crippen molar-refractivity contribution >= 4 is 11.7 Å². The average Bonchev–Trinajstić information content (AvgIpc) is 2.34. The van der Waals surface area contributed by atoms with Gasteiger partial charge < -0.3 is 11.1 Å². The number of carbonyl (C=O) groups is 2. The molecule has 5 nitrogen and oxygen atoms in total. The second kappa shape index (κ2) is 8.38. The van der Waals surface area contributed by atoms with Crippen LogP contribution in [0.5, 0.6) is 0 Å². The van der Waals surface area contributed by atoms with E-state index in [2.05, 4.69) is 11.9 Å². The molecule has 7 heteroatoms. The summed E-state index contributed by atoms with van der Waals surface area (Å²) in [5.41, 5.74) is 5.13. The Morgan fingerprint density at radius 1 is 1.35 bits per heavy atom. The van der Waals surface area contributed by atoms with Gasteiger partial charge in [-0.15, -0.1) is 0 Å². The summed E-state index contributed by atoms with van der Waals surface area (Å²) in [7, 11) is 0. The molecule has 1 unspecified atom stereocenters. The van der Waals surface area contributed by atoms with Gasteiger partial charge in [0.05, 0.1) is 17.7 Å². The Hall–Kier alpha value is -1.81. The molecule has 20 heavy (non-hydrogen) atoms. The van der Waals surface area contributed by atoms with Crippen molar-refractivity contribution in [3.63, 3.8) is 0 Å². The minimum atomic E-state index is -2.79. The Labute approximate surface area is 116 Å². The number of amides is 1. The lowest BCUT2D eigenvalue weighted by Gasteiger charge is -2.20. The molecule has 3 N–H and O–H groups in total. The minimum absolute atomic E-state index is 0.147. The van der Waals surface area contributed by atoms with Crippen molar-refractivity contribution in [1.29, 1.82) is 5.26 Å². The van der Waals surface area contributed by atoms with Crippen molar-refractivity contribution < 1.29 is 18.4 Å². The molecule has 112 valence electrons. The number of Topliss-reactive ketones (excluding diaryl/α,β-unsaturated/α-hetero) is 1. The Morgan fingerprint density at radius 2 is 1.90 bits per heavy atom. The Bertz CT molecular complexity index is 416. The lowest BCUT2D eigenvalue weighted by atomic mass is 10.0. The fourth-order valence-corrected chi connectivity index (χ4v) is 1.57. The summed E-state index contributed by atoms with van der Waals surface area (Å²) in [5.74, 6) is -1.46. The molecule has 0 fully saturated rings. The van der Waals surface area contributed by atoms with Gasteiger partial charge in [0.15, 0.2) is 5.78 Å². The highest BCUT2D eigenvalue weighted by Crippen LogP contribution is 2.10. The SMILES string of the molecule is C=C(C#N)C(=O)C(CC(F)F)NC(=O)[C@@H](N)CC(C)C. The predicted octanol–water partition coefficient (Wildman–Crippen LogP) is 1.15. The number of carbonyl (C=O) groups excluding carboxylic acids is 2. The van der Waals surface area contributed by atoms with Crippen LogP contribution in [0.3, 0.4) is 0 Å². The molecule has 0 heterocycles. The second-order valence-corrected chi connectivity index (χ2v) is 4.88. The molecule has 2 atom stereocenters. The van der Waals surface area contributed by atoms with Crippen LogP contribution in [-0.2, 0) is 9.59 Å². The van der Waals surface area contributed by atoms with Gasteiger partial charge in [0.1, 0.15) is 6.07 Å². The summed E-state index contributed by atoms with van der Waals surface area (Å²) in [6.07, 6.45) is -3.31. The number of nitrogens with zero attached hydrogens (tertiary/aromatic N) is 1. The number of nitrogens with one attached hydrogen (secondary N) is 1. The molecule has 1 amide bonds. The zero-order valence-corrected chi connectivity index (χ0v) is 11.5. The van der Waals surface area contributed by atoms with Crippen molar-refractivity contribution in [2.75, 3.05) is 0 Å². The third kappa shape index (κ3) is 6.38. The number of nitrogens with two attached hydrogens (primary N) is 1. The maximum Gasteiger partial charge on any atom is 0.241 e. The number of nitriles is 1. The van der Waals surface area contributed by atoms with Crippen molar-refractivity contribution in [2.24, 2.45) is 11.7 Å². The number of halogens is 2. The molecule has 0 rings (SSSR count). The van der Waals surface area contributed by atoms with Gasteiger partial charge in [-0.05, 0) is 12.3 Å². The van der Waals surface area contributed by atoms with Crippen molar-refractivity contribution in [3.05, 3.63) is 12.2 Å². The number of hydrogen-bond donors (Lipinski definition) is 2. The summed E-state index contributed by atoms with van der Waals surface area (Å²) < 4.78 is 24.9. The van der Waals surface area contributed by atoms with Crippen LogP contribution in [0.2, 0.25) is 0 Å². The van der Waals surface area contributed by atoms with Crippen LogP contribution >= 0.6 is 0 Å². The summed E-state index contributed by atoms with van der Waals surface area (Å²) in [4.78, 5) is 23.4. The maximum absolute atomic E-state index is 12.4. The lowest BCUT2D eigenvalue weighted by molar-refractivity contribution is -0.127. The topological polar surface area (TPSA) is 96.0 Å².